The fourth-order valence-electron chi connectivity index (χ4n) is 1.75. The number of aryl methyl sites for hydroxylation is 1. The zero-order chi connectivity index (χ0) is 10.8. The Bertz CT molecular complexity index is 356. The maximum atomic E-state index is 4.48. The molecule has 1 aromatic rings. The Morgan fingerprint density at radius 2 is 2.40 bits per heavy atom. The molecule has 1 aliphatic heterocycles. The molecule has 82 valence electrons. The lowest BCUT2D eigenvalue weighted by molar-refractivity contribution is 0.689. The number of nitrogens with zero attached hydrogens (tertiary/aromatic N) is 2. The molecule has 0 radical (unpaired) electrons. The van der Waals surface area contributed by atoms with Crippen LogP contribution >= 0.6 is 27.7 Å². The van der Waals surface area contributed by atoms with Gasteiger partial charge in [-0.25, -0.2) is 4.98 Å². The van der Waals surface area contributed by atoms with Gasteiger partial charge in [0.2, 0.25) is 0 Å². The fraction of sp³-hybridized carbons (Fsp3) is 0.545. The summed E-state index contributed by atoms with van der Waals surface area (Å²) in [7, 11) is 0. The SMILES string of the molecule is Cc1cc(N2CCSCC2C)ncc1Br. The third-order valence-electron chi connectivity index (χ3n) is 2.69. The van der Waals surface area contributed by atoms with Crippen molar-refractivity contribution in [3.63, 3.8) is 0 Å². The Labute approximate surface area is 104 Å². The van der Waals surface area contributed by atoms with Crippen LogP contribution in [0.15, 0.2) is 16.7 Å². The number of hydrogen-bond donors (Lipinski definition) is 0. The summed E-state index contributed by atoms with van der Waals surface area (Å²) in [5.74, 6) is 3.53. The first-order valence-electron chi connectivity index (χ1n) is 5.15. The lowest BCUT2D eigenvalue weighted by Gasteiger charge is -2.34. The van der Waals surface area contributed by atoms with E-state index in [1.807, 2.05) is 18.0 Å². The summed E-state index contributed by atoms with van der Waals surface area (Å²) >= 11 is 5.51. The maximum absolute atomic E-state index is 4.48. The minimum absolute atomic E-state index is 0.594. The lowest BCUT2D eigenvalue weighted by atomic mass is 10.2. The summed E-state index contributed by atoms with van der Waals surface area (Å²) in [5.41, 5.74) is 1.26. The summed E-state index contributed by atoms with van der Waals surface area (Å²) < 4.78 is 1.09. The molecule has 1 saturated heterocycles. The molecule has 0 aromatic carbocycles. The van der Waals surface area contributed by atoms with Crippen molar-refractivity contribution in [2.24, 2.45) is 0 Å². The van der Waals surface area contributed by atoms with Gasteiger partial charge in [0.1, 0.15) is 5.82 Å². The molecule has 4 heteroatoms. The summed E-state index contributed by atoms with van der Waals surface area (Å²) in [6.07, 6.45) is 1.90. The number of anilines is 1. The number of halogens is 1. The molecule has 0 spiro atoms. The van der Waals surface area contributed by atoms with Crippen molar-refractivity contribution >= 4 is 33.5 Å². The normalized spacial score (nSPS) is 21.8. The number of rotatable bonds is 1. The van der Waals surface area contributed by atoms with E-state index in [4.69, 9.17) is 0 Å². The largest absolute Gasteiger partial charge is 0.352 e. The molecular weight excluding hydrogens is 272 g/mol. The number of pyridine rings is 1. The maximum Gasteiger partial charge on any atom is 0.129 e. The van der Waals surface area contributed by atoms with Crippen LogP contribution in [0, 0.1) is 6.92 Å². The second-order valence-electron chi connectivity index (χ2n) is 3.91. The molecule has 2 nitrogen and oxygen atoms in total. The van der Waals surface area contributed by atoms with Crippen LogP contribution in [0.4, 0.5) is 5.82 Å². The Balaban J connectivity index is 2.24. The van der Waals surface area contributed by atoms with E-state index in [-0.39, 0.29) is 0 Å². The third kappa shape index (κ3) is 2.48. The molecular formula is C11H15BrN2S. The van der Waals surface area contributed by atoms with E-state index in [0.717, 1.165) is 16.8 Å². The predicted molar refractivity (Wildman–Crippen MR) is 70.8 cm³/mol. The van der Waals surface area contributed by atoms with Gasteiger partial charge in [-0.2, -0.15) is 11.8 Å². The van der Waals surface area contributed by atoms with Gasteiger partial charge in [-0.15, -0.1) is 0 Å². The highest BCUT2D eigenvalue weighted by molar-refractivity contribution is 9.10. The highest BCUT2D eigenvalue weighted by Crippen LogP contribution is 2.25. The molecule has 1 aliphatic rings. The van der Waals surface area contributed by atoms with Gasteiger partial charge in [0.15, 0.2) is 0 Å². The van der Waals surface area contributed by atoms with Crippen molar-refractivity contribution in [3.05, 3.63) is 22.3 Å². The first-order valence-corrected chi connectivity index (χ1v) is 7.10. The van der Waals surface area contributed by atoms with E-state index in [1.165, 1.54) is 17.1 Å². The molecule has 0 saturated carbocycles. The van der Waals surface area contributed by atoms with Gasteiger partial charge in [-0.1, -0.05) is 0 Å². The Kier molecular flexibility index (Phi) is 3.57. The molecule has 1 fully saturated rings. The highest BCUT2D eigenvalue weighted by atomic mass is 79.9. The zero-order valence-corrected chi connectivity index (χ0v) is 11.4. The van der Waals surface area contributed by atoms with Crippen molar-refractivity contribution < 1.29 is 0 Å². The van der Waals surface area contributed by atoms with E-state index in [1.54, 1.807) is 0 Å². The Morgan fingerprint density at radius 3 is 3.07 bits per heavy atom. The second kappa shape index (κ2) is 4.74. The smallest absolute Gasteiger partial charge is 0.129 e. The summed E-state index contributed by atoms with van der Waals surface area (Å²) in [6.45, 7) is 5.49. The second-order valence-corrected chi connectivity index (χ2v) is 5.91. The molecule has 2 heterocycles. The molecule has 1 aromatic heterocycles. The number of aromatic nitrogens is 1. The summed E-state index contributed by atoms with van der Waals surface area (Å²) in [5, 5.41) is 0. The van der Waals surface area contributed by atoms with Crippen LogP contribution in [0.1, 0.15) is 12.5 Å². The van der Waals surface area contributed by atoms with Gasteiger partial charge in [-0.3, -0.25) is 0 Å². The van der Waals surface area contributed by atoms with Gasteiger partial charge in [-0.05, 0) is 41.4 Å². The summed E-state index contributed by atoms with van der Waals surface area (Å²) in [6, 6.07) is 2.76. The average Bonchev–Trinajstić information content (AvgIpc) is 2.23. The van der Waals surface area contributed by atoms with E-state index in [9.17, 15) is 0 Å². The van der Waals surface area contributed by atoms with Crippen LogP contribution in [0.3, 0.4) is 0 Å². The minimum atomic E-state index is 0.594. The van der Waals surface area contributed by atoms with E-state index < -0.39 is 0 Å². The van der Waals surface area contributed by atoms with Crippen molar-refractivity contribution in [3.8, 4) is 0 Å². The fourth-order valence-corrected chi connectivity index (χ4v) is 2.98. The van der Waals surface area contributed by atoms with Gasteiger partial charge in [0.05, 0.1) is 0 Å². The van der Waals surface area contributed by atoms with Gasteiger partial charge < -0.3 is 4.90 Å². The molecule has 2 rings (SSSR count). The van der Waals surface area contributed by atoms with Crippen molar-refractivity contribution in [2.45, 2.75) is 19.9 Å². The molecule has 15 heavy (non-hydrogen) atoms. The predicted octanol–water partition coefficient (Wildman–Crippen LogP) is 3.09. The number of hydrogen-bond acceptors (Lipinski definition) is 3. The Hall–Kier alpha value is -0.220. The average molecular weight is 287 g/mol. The topological polar surface area (TPSA) is 16.1 Å². The zero-order valence-electron chi connectivity index (χ0n) is 9.03. The molecule has 1 unspecified atom stereocenters. The van der Waals surface area contributed by atoms with E-state index in [0.29, 0.717) is 6.04 Å². The minimum Gasteiger partial charge on any atom is -0.352 e. The van der Waals surface area contributed by atoms with Crippen LogP contribution < -0.4 is 4.90 Å². The molecule has 0 aliphatic carbocycles. The highest BCUT2D eigenvalue weighted by Gasteiger charge is 2.19. The summed E-state index contributed by atoms with van der Waals surface area (Å²) in [4.78, 5) is 6.88. The van der Waals surface area contributed by atoms with E-state index >= 15 is 0 Å². The number of thioether (sulfide) groups is 1. The quantitative estimate of drug-likeness (QED) is 0.789. The van der Waals surface area contributed by atoms with Crippen molar-refractivity contribution in [2.75, 3.05) is 23.0 Å². The van der Waals surface area contributed by atoms with Gasteiger partial charge in [0.25, 0.3) is 0 Å². The van der Waals surface area contributed by atoms with E-state index in [2.05, 4.69) is 45.7 Å². The van der Waals surface area contributed by atoms with Crippen molar-refractivity contribution in [1.82, 2.24) is 4.98 Å². The molecule has 0 bridgehead atoms. The lowest BCUT2D eigenvalue weighted by Crippen LogP contribution is -2.40. The van der Waals surface area contributed by atoms with Crippen LogP contribution in [0.5, 0.6) is 0 Å². The first kappa shape index (κ1) is 11.3. The van der Waals surface area contributed by atoms with Gasteiger partial charge >= 0.3 is 0 Å². The van der Waals surface area contributed by atoms with Crippen LogP contribution in [0.25, 0.3) is 0 Å². The third-order valence-corrected chi connectivity index (χ3v) is 4.71. The van der Waals surface area contributed by atoms with Crippen LogP contribution in [-0.2, 0) is 0 Å². The Morgan fingerprint density at radius 1 is 1.60 bits per heavy atom. The van der Waals surface area contributed by atoms with Gasteiger partial charge in [0, 0.05) is 34.8 Å². The standard InChI is InChI=1S/C11H15BrN2S/c1-8-5-11(13-6-10(8)12)14-3-4-15-7-9(14)2/h5-6,9H,3-4,7H2,1-2H3. The monoisotopic (exact) mass is 286 g/mol. The molecule has 0 amide bonds. The van der Waals surface area contributed by atoms with Crippen molar-refractivity contribution in [1.29, 1.82) is 0 Å². The van der Waals surface area contributed by atoms with Crippen LogP contribution in [-0.4, -0.2) is 29.1 Å². The first-order chi connectivity index (χ1) is 7.18. The molecule has 1 atom stereocenters. The van der Waals surface area contributed by atoms with Crippen LogP contribution in [0.2, 0.25) is 0 Å². The molecule has 0 N–H and O–H groups in total.